The molecule has 2 aromatic carbocycles. The van der Waals surface area contributed by atoms with E-state index in [1.807, 2.05) is 0 Å². The maximum absolute atomic E-state index is 14.3. The fraction of sp³-hybridized carbons (Fsp3) is 0. The second-order valence-electron chi connectivity index (χ2n) is 5.99. The van der Waals surface area contributed by atoms with Gasteiger partial charge in [-0.05, 0) is 18.2 Å². The zero-order valence-electron chi connectivity index (χ0n) is 14.5. The van der Waals surface area contributed by atoms with Crippen molar-refractivity contribution in [3.05, 3.63) is 83.0 Å². The number of aromatic nitrogens is 3. The largest absolute Gasteiger partial charge is 0.290 e. The third kappa shape index (κ3) is 3.62. The van der Waals surface area contributed by atoms with Gasteiger partial charge in [-0.2, -0.15) is 0 Å². The summed E-state index contributed by atoms with van der Waals surface area (Å²) in [6, 6.07) is 7.13. The highest BCUT2D eigenvalue weighted by Gasteiger charge is 2.19. The second-order valence-corrected chi connectivity index (χ2v) is 6.39. The van der Waals surface area contributed by atoms with Crippen LogP contribution >= 0.6 is 11.6 Å². The average molecular weight is 415 g/mol. The lowest BCUT2D eigenvalue weighted by molar-refractivity contribution is 0.102. The van der Waals surface area contributed by atoms with Crippen molar-refractivity contribution < 1.29 is 18.0 Å². The molecule has 9 heteroatoms. The van der Waals surface area contributed by atoms with Gasteiger partial charge < -0.3 is 0 Å². The number of hydrogen-bond donors (Lipinski definition) is 1. The predicted molar refractivity (Wildman–Crippen MR) is 102 cm³/mol. The first kappa shape index (κ1) is 18.8. The molecule has 2 heterocycles. The molecule has 0 spiro atoms. The Kier molecular flexibility index (Phi) is 4.85. The topological polar surface area (TPSA) is 67.8 Å². The molecule has 4 rings (SSSR count). The minimum absolute atomic E-state index is 0.0951. The normalized spacial score (nSPS) is 10.9. The van der Waals surface area contributed by atoms with E-state index in [-0.39, 0.29) is 27.6 Å². The van der Waals surface area contributed by atoms with Crippen molar-refractivity contribution in [2.75, 3.05) is 5.32 Å². The molecule has 0 radical (unpaired) electrons. The summed E-state index contributed by atoms with van der Waals surface area (Å²) in [6.45, 7) is 0. The van der Waals surface area contributed by atoms with Gasteiger partial charge in [-0.25, -0.2) is 23.1 Å². The molecule has 0 aliphatic heterocycles. The third-order valence-corrected chi connectivity index (χ3v) is 4.44. The lowest BCUT2D eigenvalue weighted by atomic mass is 10.0. The first-order valence-corrected chi connectivity index (χ1v) is 8.63. The molecule has 0 saturated carbocycles. The van der Waals surface area contributed by atoms with Gasteiger partial charge in [0, 0.05) is 47.1 Å². The van der Waals surface area contributed by atoms with Crippen LogP contribution in [-0.4, -0.2) is 20.9 Å². The van der Waals surface area contributed by atoms with Gasteiger partial charge in [0.2, 0.25) is 5.95 Å². The number of nitrogens with one attached hydrogen (secondary N) is 1. The summed E-state index contributed by atoms with van der Waals surface area (Å²) in [5.74, 6) is -3.73. The third-order valence-electron chi connectivity index (χ3n) is 4.14. The van der Waals surface area contributed by atoms with E-state index >= 15 is 0 Å². The van der Waals surface area contributed by atoms with Gasteiger partial charge in [0.25, 0.3) is 5.91 Å². The Morgan fingerprint density at radius 3 is 2.31 bits per heavy atom. The van der Waals surface area contributed by atoms with Crippen molar-refractivity contribution >= 4 is 34.2 Å². The van der Waals surface area contributed by atoms with Crippen LogP contribution in [0.5, 0.6) is 0 Å². The van der Waals surface area contributed by atoms with Crippen molar-refractivity contribution in [1.29, 1.82) is 0 Å². The minimum Gasteiger partial charge on any atom is -0.290 e. The number of amides is 1. The van der Waals surface area contributed by atoms with Crippen molar-refractivity contribution in [2.45, 2.75) is 0 Å². The zero-order chi connectivity index (χ0) is 20.5. The quantitative estimate of drug-likeness (QED) is 0.511. The number of pyridine rings is 1. The Bertz CT molecular complexity index is 1230. The highest BCUT2D eigenvalue weighted by molar-refractivity contribution is 6.35. The summed E-state index contributed by atoms with van der Waals surface area (Å²) < 4.78 is 41.9. The molecule has 0 saturated heterocycles. The number of hydrogen-bond acceptors (Lipinski definition) is 4. The molecule has 0 aliphatic rings. The molecule has 0 fully saturated rings. The number of benzene rings is 2. The highest BCUT2D eigenvalue weighted by atomic mass is 35.5. The summed E-state index contributed by atoms with van der Waals surface area (Å²) in [7, 11) is 0. The number of halogens is 4. The predicted octanol–water partition coefficient (Wildman–Crippen LogP) is 5.01. The second kappa shape index (κ2) is 7.48. The van der Waals surface area contributed by atoms with Crippen LogP contribution in [0.25, 0.3) is 22.0 Å². The van der Waals surface area contributed by atoms with Gasteiger partial charge in [0.15, 0.2) is 0 Å². The lowest BCUT2D eigenvalue weighted by Crippen LogP contribution is -2.14. The number of nitrogens with zero attached hydrogens (tertiary/aromatic N) is 3. The molecule has 0 unspecified atom stereocenters. The van der Waals surface area contributed by atoms with E-state index in [2.05, 4.69) is 20.3 Å². The Balaban J connectivity index is 1.86. The number of carbonyl (C=O) groups excluding carboxylic acids is 1. The summed E-state index contributed by atoms with van der Waals surface area (Å²) in [4.78, 5) is 24.4. The van der Waals surface area contributed by atoms with Crippen LogP contribution in [0.3, 0.4) is 0 Å². The maximum atomic E-state index is 14.3. The van der Waals surface area contributed by atoms with E-state index in [9.17, 15) is 18.0 Å². The summed E-state index contributed by atoms with van der Waals surface area (Å²) in [5, 5.41) is 3.39. The fourth-order valence-corrected chi connectivity index (χ4v) is 3.07. The molecular weight excluding hydrogens is 405 g/mol. The van der Waals surface area contributed by atoms with Gasteiger partial charge in [-0.3, -0.25) is 15.1 Å². The monoisotopic (exact) mass is 414 g/mol. The Morgan fingerprint density at radius 2 is 1.62 bits per heavy atom. The first-order valence-electron chi connectivity index (χ1n) is 8.25. The maximum Gasteiger partial charge on any atom is 0.258 e. The van der Waals surface area contributed by atoms with Crippen molar-refractivity contribution in [3.8, 4) is 11.3 Å². The van der Waals surface area contributed by atoms with Crippen LogP contribution in [-0.2, 0) is 0 Å². The van der Waals surface area contributed by atoms with Gasteiger partial charge in [0.1, 0.15) is 17.5 Å². The first-order chi connectivity index (χ1) is 13.9. The fourth-order valence-electron chi connectivity index (χ4n) is 2.85. The SMILES string of the molecule is O=C(Nc1ncccn1)c1ccc2c(Cl)cnc(-c3c(F)cc(F)cc3F)c2c1. The van der Waals surface area contributed by atoms with E-state index < -0.39 is 28.9 Å². The Labute approximate surface area is 167 Å². The number of fused-ring (bicyclic) bond motifs is 1. The summed E-state index contributed by atoms with van der Waals surface area (Å²) in [6.07, 6.45) is 4.16. The zero-order valence-corrected chi connectivity index (χ0v) is 15.2. The highest BCUT2D eigenvalue weighted by Crippen LogP contribution is 2.34. The molecule has 1 N–H and O–H groups in total. The molecule has 4 aromatic rings. The number of anilines is 1. The molecular formula is C20H10ClF3N4O. The van der Waals surface area contributed by atoms with Crippen LogP contribution in [0.4, 0.5) is 19.1 Å². The standard InChI is InChI=1S/C20H10ClF3N4O/c21-14-9-27-18(17-15(23)7-11(22)8-16(17)24)13-6-10(2-3-12(13)14)19(29)28-20-25-4-1-5-26-20/h1-9H,(H,25,26,28,29). The van der Waals surface area contributed by atoms with Crippen molar-refractivity contribution in [3.63, 3.8) is 0 Å². The van der Waals surface area contributed by atoms with Crippen LogP contribution in [0.2, 0.25) is 5.02 Å². The van der Waals surface area contributed by atoms with Crippen LogP contribution < -0.4 is 5.32 Å². The van der Waals surface area contributed by atoms with E-state index in [0.29, 0.717) is 17.5 Å². The van der Waals surface area contributed by atoms with E-state index in [1.165, 1.54) is 36.8 Å². The smallest absolute Gasteiger partial charge is 0.258 e. The van der Waals surface area contributed by atoms with Gasteiger partial charge >= 0.3 is 0 Å². The molecule has 0 atom stereocenters. The molecule has 0 aliphatic carbocycles. The van der Waals surface area contributed by atoms with Gasteiger partial charge in [-0.15, -0.1) is 0 Å². The van der Waals surface area contributed by atoms with Crippen LogP contribution in [0.15, 0.2) is 55.0 Å². The summed E-state index contributed by atoms with van der Waals surface area (Å²) >= 11 is 6.15. The van der Waals surface area contributed by atoms with Crippen molar-refractivity contribution in [2.24, 2.45) is 0 Å². The minimum atomic E-state index is -1.12. The number of rotatable bonds is 3. The van der Waals surface area contributed by atoms with E-state index in [4.69, 9.17) is 11.6 Å². The summed E-state index contributed by atoms with van der Waals surface area (Å²) in [5.41, 5.74) is -0.458. The van der Waals surface area contributed by atoms with E-state index in [1.54, 1.807) is 6.07 Å². The van der Waals surface area contributed by atoms with E-state index in [0.717, 1.165) is 0 Å². The van der Waals surface area contributed by atoms with Gasteiger partial charge in [-0.1, -0.05) is 17.7 Å². The number of carbonyl (C=O) groups is 1. The molecule has 144 valence electrons. The molecule has 0 bridgehead atoms. The van der Waals surface area contributed by atoms with Crippen LogP contribution in [0, 0.1) is 17.5 Å². The Hall–Kier alpha value is -3.52. The molecule has 2 aromatic heterocycles. The van der Waals surface area contributed by atoms with Gasteiger partial charge in [0.05, 0.1) is 16.3 Å². The van der Waals surface area contributed by atoms with Crippen LogP contribution in [0.1, 0.15) is 10.4 Å². The lowest BCUT2D eigenvalue weighted by Gasteiger charge is -2.11. The molecule has 1 amide bonds. The van der Waals surface area contributed by atoms with Crippen molar-refractivity contribution in [1.82, 2.24) is 15.0 Å². The molecule has 29 heavy (non-hydrogen) atoms. The molecule has 5 nitrogen and oxygen atoms in total. The average Bonchev–Trinajstić information content (AvgIpc) is 2.69. The Morgan fingerprint density at radius 1 is 0.931 bits per heavy atom.